The van der Waals surface area contributed by atoms with Crippen LogP contribution in [0.3, 0.4) is 0 Å². The summed E-state index contributed by atoms with van der Waals surface area (Å²) in [5.41, 5.74) is 0.103. The molecular formula is C16H24N2O3. The van der Waals surface area contributed by atoms with E-state index in [1.807, 2.05) is 31.2 Å². The predicted octanol–water partition coefficient (Wildman–Crippen LogP) is 1.33. The lowest BCUT2D eigenvalue weighted by Gasteiger charge is -2.42. The van der Waals surface area contributed by atoms with Crippen LogP contribution in [0.1, 0.15) is 12.5 Å². The van der Waals surface area contributed by atoms with Gasteiger partial charge >= 0.3 is 5.97 Å². The van der Waals surface area contributed by atoms with Gasteiger partial charge in [0, 0.05) is 32.6 Å². The quantitative estimate of drug-likeness (QED) is 0.887. The van der Waals surface area contributed by atoms with Gasteiger partial charge in [-0.15, -0.1) is 0 Å². The molecule has 5 nitrogen and oxygen atoms in total. The molecule has 1 saturated heterocycles. The van der Waals surface area contributed by atoms with Crippen molar-refractivity contribution in [1.29, 1.82) is 0 Å². The predicted molar refractivity (Wildman–Crippen MR) is 81.8 cm³/mol. The van der Waals surface area contributed by atoms with Gasteiger partial charge in [0.1, 0.15) is 11.3 Å². The van der Waals surface area contributed by atoms with E-state index >= 15 is 0 Å². The van der Waals surface area contributed by atoms with Crippen LogP contribution in [0, 0.1) is 0 Å². The first-order valence-electron chi connectivity index (χ1n) is 7.25. The Morgan fingerprint density at radius 2 is 2.00 bits per heavy atom. The summed E-state index contributed by atoms with van der Waals surface area (Å²) in [5, 5.41) is 9.75. The van der Waals surface area contributed by atoms with E-state index < -0.39 is 11.5 Å². The summed E-state index contributed by atoms with van der Waals surface area (Å²) in [7, 11) is 3.69. The van der Waals surface area contributed by atoms with Gasteiger partial charge in [0.15, 0.2) is 0 Å². The highest BCUT2D eigenvalue weighted by molar-refractivity contribution is 5.78. The topological polar surface area (TPSA) is 53.0 Å². The minimum absolute atomic E-state index is 0.475. The maximum absolute atomic E-state index is 11.9. The standard InChI is InChI=1S/C16H24N2O3/c1-16(15(19)20,18-9-7-17(2)8-10-18)12-13-5-4-6-14(11-13)21-3/h4-6,11H,7-10,12H2,1-3H3,(H,19,20). The van der Waals surface area contributed by atoms with Crippen LogP contribution < -0.4 is 4.74 Å². The molecule has 0 amide bonds. The number of rotatable bonds is 5. The molecule has 1 heterocycles. The summed E-state index contributed by atoms with van der Waals surface area (Å²) < 4.78 is 5.22. The number of likely N-dealkylation sites (N-methyl/N-ethyl adjacent to an activating group) is 1. The number of carboxylic acid groups (broad SMARTS) is 1. The SMILES string of the molecule is COc1cccc(CC(C)(C(=O)O)N2CCN(C)CC2)c1. The fraction of sp³-hybridized carbons (Fsp3) is 0.562. The molecule has 5 heteroatoms. The number of carbonyl (C=O) groups is 1. The van der Waals surface area contributed by atoms with Crippen LogP contribution >= 0.6 is 0 Å². The second kappa shape index (κ2) is 6.45. The van der Waals surface area contributed by atoms with Crippen molar-refractivity contribution >= 4 is 5.97 Å². The van der Waals surface area contributed by atoms with Gasteiger partial charge < -0.3 is 14.7 Å². The smallest absolute Gasteiger partial charge is 0.324 e. The number of carboxylic acids is 1. The zero-order valence-corrected chi connectivity index (χ0v) is 13.0. The van der Waals surface area contributed by atoms with Crippen molar-refractivity contribution in [1.82, 2.24) is 9.80 Å². The maximum Gasteiger partial charge on any atom is 0.324 e. The molecule has 0 bridgehead atoms. The monoisotopic (exact) mass is 292 g/mol. The van der Waals surface area contributed by atoms with Crippen molar-refractivity contribution in [3.8, 4) is 5.75 Å². The Labute approximate surface area is 126 Å². The summed E-state index contributed by atoms with van der Waals surface area (Å²) in [6.07, 6.45) is 0.475. The van der Waals surface area contributed by atoms with Gasteiger partial charge in [0.25, 0.3) is 0 Å². The maximum atomic E-state index is 11.9. The van der Waals surface area contributed by atoms with Crippen molar-refractivity contribution < 1.29 is 14.6 Å². The van der Waals surface area contributed by atoms with Crippen LogP contribution in [-0.2, 0) is 11.2 Å². The van der Waals surface area contributed by atoms with E-state index in [0.717, 1.165) is 37.5 Å². The number of piperazine rings is 1. The average Bonchev–Trinajstić information content (AvgIpc) is 2.47. The number of benzene rings is 1. The Kier molecular flexibility index (Phi) is 4.85. The lowest BCUT2D eigenvalue weighted by molar-refractivity contribution is -0.151. The highest BCUT2D eigenvalue weighted by Crippen LogP contribution is 2.25. The van der Waals surface area contributed by atoms with E-state index in [2.05, 4.69) is 16.8 Å². The van der Waals surface area contributed by atoms with E-state index in [1.54, 1.807) is 7.11 Å². The van der Waals surface area contributed by atoms with E-state index in [9.17, 15) is 9.90 Å². The molecule has 0 saturated carbocycles. The Bertz CT molecular complexity index is 498. The van der Waals surface area contributed by atoms with Gasteiger partial charge in [-0.1, -0.05) is 12.1 Å². The Morgan fingerprint density at radius 1 is 1.33 bits per heavy atom. The van der Waals surface area contributed by atoms with Crippen LogP contribution in [0.4, 0.5) is 0 Å². The van der Waals surface area contributed by atoms with Gasteiger partial charge in [-0.2, -0.15) is 0 Å². The highest BCUT2D eigenvalue weighted by atomic mass is 16.5. The van der Waals surface area contributed by atoms with Gasteiger partial charge in [-0.3, -0.25) is 9.69 Å². The second-order valence-corrected chi connectivity index (χ2v) is 5.90. The fourth-order valence-corrected chi connectivity index (χ4v) is 2.80. The van der Waals surface area contributed by atoms with Crippen molar-refractivity contribution in [3.05, 3.63) is 29.8 Å². The molecule has 0 spiro atoms. The zero-order valence-electron chi connectivity index (χ0n) is 13.0. The summed E-state index contributed by atoms with van der Waals surface area (Å²) in [6.45, 7) is 5.19. The van der Waals surface area contributed by atoms with E-state index in [4.69, 9.17) is 4.74 Å². The summed E-state index contributed by atoms with van der Waals surface area (Å²) in [6, 6.07) is 7.65. The molecule has 0 radical (unpaired) electrons. The average molecular weight is 292 g/mol. The first-order chi connectivity index (χ1) is 9.95. The van der Waals surface area contributed by atoms with E-state index in [1.165, 1.54) is 0 Å². The first-order valence-corrected chi connectivity index (χ1v) is 7.25. The number of methoxy groups -OCH3 is 1. The van der Waals surface area contributed by atoms with Crippen molar-refractivity contribution in [2.75, 3.05) is 40.3 Å². The summed E-state index contributed by atoms with van der Waals surface area (Å²) in [5.74, 6) is -0.00603. The van der Waals surface area contributed by atoms with Crippen LogP contribution in [0.5, 0.6) is 5.75 Å². The fourth-order valence-electron chi connectivity index (χ4n) is 2.80. The molecule has 1 fully saturated rings. The molecule has 1 aliphatic rings. The zero-order chi connectivity index (χ0) is 15.5. The third-order valence-corrected chi connectivity index (χ3v) is 4.34. The van der Waals surface area contributed by atoms with E-state index in [-0.39, 0.29) is 0 Å². The van der Waals surface area contributed by atoms with Gasteiger partial charge in [-0.25, -0.2) is 0 Å². The summed E-state index contributed by atoms with van der Waals surface area (Å²) >= 11 is 0. The minimum atomic E-state index is -0.881. The molecule has 1 N–H and O–H groups in total. The molecular weight excluding hydrogens is 268 g/mol. The van der Waals surface area contributed by atoms with Crippen LogP contribution in [0.15, 0.2) is 24.3 Å². The number of hydrogen-bond acceptors (Lipinski definition) is 4. The molecule has 0 aliphatic carbocycles. The first kappa shape index (κ1) is 15.8. The molecule has 1 aliphatic heterocycles. The van der Waals surface area contributed by atoms with Crippen molar-refractivity contribution in [2.45, 2.75) is 18.9 Å². The molecule has 21 heavy (non-hydrogen) atoms. The third-order valence-electron chi connectivity index (χ3n) is 4.34. The van der Waals surface area contributed by atoms with Crippen molar-refractivity contribution in [3.63, 3.8) is 0 Å². The molecule has 1 atom stereocenters. The second-order valence-electron chi connectivity index (χ2n) is 5.90. The largest absolute Gasteiger partial charge is 0.497 e. The highest BCUT2D eigenvalue weighted by Gasteiger charge is 2.40. The molecule has 1 aromatic carbocycles. The van der Waals surface area contributed by atoms with E-state index in [0.29, 0.717) is 6.42 Å². The normalized spacial score (nSPS) is 20.0. The van der Waals surface area contributed by atoms with Crippen molar-refractivity contribution in [2.24, 2.45) is 0 Å². The van der Waals surface area contributed by atoms with Gasteiger partial charge in [-0.05, 0) is 31.7 Å². The Morgan fingerprint density at radius 3 is 2.57 bits per heavy atom. The van der Waals surface area contributed by atoms with Crippen LogP contribution in [0.25, 0.3) is 0 Å². The Balaban J connectivity index is 2.19. The van der Waals surface area contributed by atoms with Gasteiger partial charge in [0.05, 0.1) is 7.11 Å². The molecule has 1 unspecified atom stereocenters. The number of nitrogens with zero attached hydrogens (tertiary/aromatic N) is 2. The minimum Gasteiger partial charge on any atom is -0.497 e. The van der Waals surface area contributed by atoms with Gasteiger partial charge in [0.2, 0.25) is 0 Å². The lowest BCUT2D eigenvalue weighted by Crippen LogP contribution is -2.59. The summed E-state index contributed by atoms with van der Waals surface area (Å²) in [4.78, 5) is 16.2. The number of hydrogen-bond donors (Lipinski definition) is 1. The molecule has 2 rings (SSSR count). The van der Waals surface area contributed by atoms with Crippen LogP contribution in [-0.4, -0.2) is 66.8 Å². The number of ether oxygens (including phenoxy) is 1. The van der Waals surface area contributed by atoms with Crippen LogP contribution in [0.2, 0.25) is 0 Å². The third kappa shape index (κ3) is 3.54. The Hall–Kier alpha value is -1.59. The molecule has 1 aromatic rings. The lowest BCUT2D eigenvalue weighted by atomic mass is 9.90. The molecule has 116 valence electrons. The molecule has 0 aromatic heterocycles. The number of aliphatic carboxylic acids is 1.